The first-order valence-corrected chi connectivity index (χ1v) is 5.04. The van der Waals surface area contributed by atoms with Crippen molar-refractivity contribution in [2.24, 2.45) is 0 Å². The molecule has 1 unspecified atom stereocenters. The Balaban J connectivity index is 2.54. The minimum Gasteiger partial charge on any atom is -0.459 e. The van der Waals surface area contributed by atoms with Gasteiger partial charge in [-0.3, -0.25) is 14.9 Å². The van der Waals surface area contributed by atoms with Crippen LogP contribution in [0.3, 0.4) is 0 Å². The van der Waals surface area contributed by atoms with Crippen LogP contribution in [0.1, 0.15) is 27.2 Å². The van der Waals surface area contributed by atoms with Gasteiger partial charge < -0.3 is 4.74 Å². The van der Waals surface area contributed by atoms with Gasteiger partial charge in [0.05, 0.1) is 6.54 Å². The van der Waals surface area contributed by atoms with Gasteiger partial charge in [-0.05, 0) is 33.3 Å². The highest BCUT2D eigenvalue weighted by Gasteiger charge is 2.25. The van der Waals surface area contributed by atoms with Crippen molar-refractivity contribution in [1.29, 1.82) is 0 Å². The topological polar surface area (TPSA) is 55.4 Å². The molecule has 1 aliphatic rings. The van der Waals surface area contributed by atoms with E-state index in [1.165, 1.54) is 6.08 Å². The fourth-order valence-corrected chi connectivity index (χ4v) is 1.25. The van der Waals surface area contributed by atoms with Crippen molar-refractivity contribution in [2.75, 3.05) is 6.54 Å². The molecule has 0 aromatic carbocycles. The molecular formula is C11H17NO3. The van der Waals surface area contributed by atoms with E-state index in [-0.39, 0.29) is 18.3 Å². The van der Waals surface area contributed by atoms with Crippen molar-refractivity contribution >= 4 is 11.8 Å². The largest absolute Gasteiger partial charge is 0.459 e. The Bertz CT molecular complexity index is 289. The summed E-state index contributed by atoms with van der Waals surface area (Å²) in [5, 5.41) is 2.87. The average Bonchev–Trinajstić information content (AvgIpc) is 2.26. The third-order valence-electron chi connectivity index (χ3n) is 1.89. The van der Waals surface area contributed by atoms with Gasteiger partial charge in [-0.15, -0.1) is 0 Å². The summed E-state index contributed by atoms with van der Waals surface area (Å²) in [5.74, 6) is -0.317. The Kier molecular flexibility index (Phi) is 3.63. The molecule has 0 aromatic heterocycles. The molecule has 0 aliphatic carbocycles. The standard InChI is InChI=1S/C11H17NO3/c1-11(2,3)15-10(14)9-6-4-5-8(13)7-12-9/h4-5,9,12H,6-7H2,1-3H3. The van der Waals surface area contributed by atoms with Crippen molar-refractivity contribution in [3.63, 3.8) is 0 Å². The summed E-state index contributed by atoms with van der Waals surface area (Å²) in [6, 6.07) is -0.410. The number of rotatable bonds is 1. The number of carbonyl (C=O) groups is 2. The molecule has 84 valence electrons. The van der Waals surface area contributed by atoms with E-state index in [0.717, 1.165) is 0 Å². The minimum absolute atomic E-state index is 0.0129. The lowest BCUT2D eigenvalue weighted by Gasteiger charge is -2.23. The van der Waals surface area contributed by atoms with Crippen LogP contribution in [0.25, 0.3) is 0 Å². The molecule has 0 radical (unpaired) electrons. The predicted octanol–water partition coefficient (Wildman–Crippen LogP) is 0.815. The van der Waals surface area contributed by atoms with Crippen molar-refractivity contribution < 1.29 is 14.3 Å². The maximum atomic E-state index is 11.6. The number of ether oxygens (including phenoxy) is 1. The third kappa shape index (κ3) is 4.25. The summed E-state index contributed by atoms with van der Waals surface area (Å²) in [6.45, 7) is 5.66. The summed E-state index contributed by atoms with van der Waals surface area (Å²) in [4.78, 5) is 22.7. The van der Waals surface area contributed by atoms with Crippen LogP contribution in [0.15, 0.2) is 12.2 Å². The summed E-state index contributed by atoms with van der Waals surface area (Å²) in [5.41, 5.74) is -0.487. The first-order chi connectivity index (χ1) is 6.88. The molecule has 1 atom stereocenters. The highest BCUT2D eigenvalue weighted by molar-refractivity contribution is 5.92. The van der Waals surface area contributed by atoms with E-state index in [9.17, 15) is 9.59 Å². The molecule has 4 heteroatoms. The molecule has 0 aromatic rings. The van der Waals surface area contributed by atoms with Gasteiger partial charge in [0.2, 0.25) is 0 Å². The van der Waals surface area contributed by atoms with E-state index < -0.39 is 11.6 Å². The molecule has 1 rings (SSSR count). The molecule has 1 aliphatic heterocycles. The molecule has 0 spiro atoms. The van der Waals surface area contributed by atoms with Crippen LogP contribution >= 0.6 is 0 Å². The fraction of sp³-hybridized carbons (Fsp3) is 0.636. The van der Waals surface area contributed by atoms with E-state index in [1.54, 1.807) is 6.08 Å². The molecule has 4 nitrogen and oxygen atoms in total. The zero-order valence-electron chi connectivity index (χ0n) is 9.37. The van der Waals surface area contributed by atoms with E-state index >= 15 is 0 Å². The normalized spacial score (nSPS) is 22.3. The highest BCUT2D eigenvalue weighted by Crippen LogP contribution is 2.10. The second-order valence-electron chi connectivity index (χ2n) is 4.57. The maximum absolute atomic E-state index is 11.6. The Labute approximate surface area is 89.7 Å². The quantitative estimate of drug-likeness (QED) is 0.652. The Hall–Kier alpha value is -1.16. The number of hydrogen-bond donors (Lipinski definition) is 1. The highest BCUT2D eigenvalue weighted by atomic mass is 16.6. The molecule has 0 saturated heterocycles. The molecule has 1 heterocycles. The fourth-order valence-electron chi connectivity index (χ4n) is 1.25. The lowest BCUT2D eigenvalue weighted by molar-refractivity contribution is -0.157. The predicted molar refractivity (Wildman–Crippen MR) is 56.4 cm³/mol. The molecule has 0 bridgehead atoms. The Morgan fingerprint density at radius 1 is 1.53 bits per heavy atom. The smallest absolute Gasteiger partial charge is 0.323 e. The van der Waals surface area contributed by atoms with Gasteiger partial charge in [0.25, 0.3) is 0 Å². The van der Waals surface area contributed by atoms with Crippen LogP contribution in [0, 0.1) is 0 Å². The Morgan fingerprint density at radius 2 is 2.20 bits per heavy atom. The number of ketones is 1. The van der Waals surface area contributed by atoms with Gasteiger partial charge in [0, 0.05) is 0 Å². The van der Waals surface area contributed by atoms with Gasteiger partial charge in [0.1, 0.15) is 11.6 Å². The zero-order chi connectivity index (χ0) is 11.5. The molecule has 0 fully saturated rings. The second kappa shape index (κ2) is 4.57. The monoisotopic (exact) mass is 211 g/mol. The Morgan fingerprint density at radius 3 is 2.80 bits per heavy atom. The average molecular weight is 211 g/mol. The van der Waals surface area contributed by atoms with Gasteiger partial charge in [-0.25, -0.2) is 0 Å². The van der Waals surface area contributed by atoms with Crippen LogP contribution in [0.2, 0.25) is 0 Å². The van der Waals surface area contributed by atoms with Crippen LogP contribution in [0.5, 0.6) is 0 Å². The molecule has 1 N–H and O–H groups in total. The first kappa shape index (κ1) is 11.9. The maximum Gasteiger partial charge on any atom is 0.323 e. The second-order valence-corrected chi connectivity index (χ2v) is 4.57. The first-order valence-electron chi connectivity index (χ1n) is 5.04. The lowest BCUT2D eigenvalue weighted by atomic mass is 10.1. The molecule has 0 amide bonds. The number of hydrogen-bond acceptors (Lipinski definition) is 4. The molecule has 0 saturated carbocycles. The van der Waals surface area contributed by atoms with Crippen molar-refractivity contribution in [3.05, 3.63) is 12.2 Å². The lowest BCUT2D eigenvalue weighted by Crippen LogP contribution is -2.41. The number of carbonyl (C=O) groups excluding carboxylic acids is 2. The van der Waals surface area contributed by atoms with Crippen LogP contribution in [0.4, 0.5) is 0 Å². The van der Waals surface area contributed by atoms with Crippen molar-refractivity contribution in [3.8, 4) is 0 Å². The molecular weight excluding hydrogens is 194 g/mol. The third-order valence-corrected chi connectivity index (χ3v) is 1.89. The number of esters is 1. The summed E-state index contributed by atoms with van der Waals surface area (Å²) in [7, 11) is 0. The van der Waals surface area contributed by atoms with E-state index in [1.807, 2.05) is 20.8 Å². The van der Waals surface area contributed by atoms with Gasteiger partial charge in [-0.2, -0.15) is 0 Å². The summed E-state index contributed by atoms with van der Waals surface area (Å²) in [6.07, 6.45) is 3.70. The van der Waals surface area contributed by atoms with Crippen molar-refractivity contribution in [1.82, 2.24) is 5.32 Å². The van der Waals surface area contributed by atoms with E-state index in [4.69, 9.17) is 4.74 Å². The number of nitrogens with one attached hydrogen (secondary N) is 1. The van der Waals surface area contributed by atoms with E-state index in [2.05, 4.69) is 5.32 Å². The summed E-state index contributed by atoms with van der Waals surface area (Å²) < 4.78 is 5.22. The van der Waals surface area contributed by atoms with Crippen LogP contribution in [-0.4, -0.2) is 29.9 Å². The SMILES string of the molecule is CC(C)(C)OC(=O)C1CC=CC(=O)CN1. The van der Waals surface area contributed by atoms with Gasteiger partial charge in [-0.1, -0.05) is 6.08 Å². The zero-order valence-corrected chi connectivity index (χ0v) is 9.37. The van der Waals surface area contributed by atoms with E-state index in [0.29, 0.717) is 6.42 Å². The van der Waals surface area contributed by atoms with Crippen LogP contribution < -0.4 is 5.32 Å². The van der Waals surface area contributed by atoms with Gasteiger partial charge in [0.15, 0.2) is 5.78 Å². The minimum atomic E-state index is -0.487. The summed E-state index contributed by atoms with van der Waals surface area (Å²) >= 11 is 0. The van der Waals surface area contributed by atoms with Crippen molar-refractivity contribution in [2.45, 2.75) is 38.8 Å². The van der Waals surface area contributed by atoms with Gasteiger partial charge >= 0.3 is 5.97 Å². The molecule has 15 heavy (non-hydrogen) atoms. The van der Waals surface area contributed by atoms with Crippen LogP contribution in [-0.2, 0) is 14.3 Å².